The Bertz CT molecular complexity index is 477. The fraction of sp³-hybridized carbons (Fsp3) is 0.250. The lowest BCUT2D eigenvalue weighted by Crippen LogP contribution is -2.20. The molecule has 100 valence electrons. The molecule has 0 radical (unpaired) electrons. The zero-order valence-corrected chi connectivity index (χ0v) is 10.3. The fourth-order valence-electron chi connectivity index (χ4n) is 1.11. The van der Waals surface area contributed by atoms with Crippen molar-refractivity contribution in [1.29, 1.82) is 0 Å². The van der Waals surface area contributed by atoms with Gasteiger partial charge in [0.15, 0.2) is 5.75 Å². The van der Waals surface area contributed by atoms with Gasteiger partial charge in [-0.1, -0.05) is 0 Å². The molecule has 0 atom stereocenters. The van der Waals surface area contributed by atoms with Gasteiger partial charge in [-0.15, -0.1) is 13.2 Å². The van der Waals surface area contributed by atoms with Crippen LogP contribution >= 0.6 is 22.6 Å². The summed E-state index contributed by atoms with van der Waals surface area (Å²) in [6, 6.07) is 0. The number of aromatic nitrogens is 1. The summed E-state index contributed by atoms with van der Waals surface area (Å²) in [5.41, 5.74) is -2.36. The SMILES string of the molecule is O=C(O)c1c(OC(F)(F)F)cnc(I)c1C(F)F. The number of carboxylic acids is 1. The summed E-state index contributed by atoms with van der Waals surface area (Å²) in [5.74, 6) is -3.23. The number of carbonyl (C=O) groups is 1. The van der Waals surface area contributed by atoms with Crippen LogP contribution in [0.3, 0.4) is 0 Å². The number of nitrogens with zero attached hydrogens (tertiary/aromatic N) is 1. The maximum absolute atomic E-state index is 12.6. The van der Waals surface area contributed by atoms with Crippen molar-refractivity contribution in [1.82, 2.24) is 4.98 Å². The van der Waals surface area contributed by atoms with E-state index < -0.39 is 39.3 Å². The molecule has 0 spiro atoms. The van der Waals surface area contributed by atoms with E-state index in [1.165, 1.54) is 22.6 Å². The number of rotatable bonds is 3. The number of alkyl halides is 5. The number of hydrogen-bond acceptors (Lipinski definition) is 3. The van der Waals surface area contributed by atoms with E-state index in [2.05, 4.69) is 9.72 Å². The predicted octanol–water partition coefficient (Wildman–Crippen LogP) is 3.22. The molecule has 0 fully saturated rings. The van der Waals surface area contributed by atoms with Crippen molar-refractivity contribution in [2.45, 2.75) is 12.8 Å². The van der Waals surface area contributed by atoms with Crippen molar-refractivity contribution in [2.24, 2.45) is 0 Å². The van der Waals surface area contributed by atoms with Crippen LogP contribution in [-0.2, 0) is 0 Å². The summed E-state index contributed by atoms with van der Waals surface area (Å²) >= 11 is 1.30. The smallest absolute Gasteiger partial charge is 0.478 e. The van der Waals surface area contributed by atoms with Gasteiger partial charge in [-0.2, -0.15) is 0 Å². The standard InChI is InChI=1S/C8H3F5INO3/c9-5(10)4-3(7(16)17)2(1-15-6(4)14)18-8(11,12)13/h1,5H,(H,16,17). The molecule has 4 nitrogen and oxygen atoms in total. The summed E-state index contributed by atoms with van der Waals surface area (Å²) < 4.78 is 64.1. The van der Waals surface area contributed by atoms with Gasteiger partial charge in [0.05, 0.1) is 11.8 Å². The first-order valence-corrected chi connectivity index (χ1v) is 5.17. The van der Waals surface area contributed by atoms with Crippen LogP contribution in [0.4, 0.5) is 22.0 Å². The van der Waals surface area contributed by atoms with E-state index in [9.17, 15) is 26.7 Å². The van der Waals surface area contributed by atoms with Gasteiger partial charge in [0.25, 0.3) is 6.43 Å². The molecule has 0 saturated heterocycles. The molecule has 1 rings (SSSR count). The Balaban J connectivity index is 3.44. The summed E-state index contributed by atoms with van der Waals surface area (Å²) in [6.07, 6.45) is -8.05. The van der Waals surface area contributed by atoms with Crippen LogP contribution in [0.1, 0.15) is 22.3 Å². The first-order valence-electron chi connectivity index (χ1n) is 4.09. The normalized spacial score (nSPS) is 11.7. The van der Waals surface area contributed by atoms with Crippen molar-refractivity contribution in [3.63, 3.8) is 0 Å². The molecule has 10 heteroatoms. The molecule has 0 unspecified atom stereocenters. The third-order valence-corrected chi connectivity index (χ3v) is 2.55. The molecule has 0 aliphatic heterocycles. The Labute approximate surface area is 110 Å². The summed E-state index contributed by atoms with van der Waals surface area (Å²) in [7, 11) is 0. The molecule has 1 N–H and O–H groups in total. The van der Waals surface area contributed by atoms with Crippen molar-refractivity contribution < 1.29 is 36.6 Å². The Kier molecular flexibility index (Phi) is 4.29. The quantitative estimate of drug-likeness (QED) is 0.495. The molecule has 0 bridgehead atoms. The fourth-order valence-corrected chi connectivity index (χ4v) is 1.75. The highest BCUT2D eigenvalue weighted by Gasteiger charge is 2.35. The second-order valence-corrected chi connectivity index (χ2v) is 3.88. The Morgan fingerprint density at radius 3 is 2.39 bits per heavy atom. The minimum absolute atomic E-state index is 0.408. The third-order valence-electron chi connectivity index (χ3n) is 1.69. The molecule has 0 aliphatic carbocycles. The number of ether oxygens (including phenoxy) is 1. The number of halogens is 6. The zero-order chi connectivity index (χ0) is 14.1. The predicted molar refractivity (Wildman–Crippen MR) is 55.6 cm³/mol. The average molecular weight is 383 g/mol. The highest BCUT2D eigenvalue weighted by Crippen LogP contribution is 2.34. The number of hydrogen-bond donors (Lipinski definition) is 1. The van der Waals surface area contributed by atoms with Gasteiger partial charge in [0.1, 0.15) is 9.26 Å². The molecule has 0 aromatic carbocycles. The summed E-state index contributed by atoms with van der Waals surface area (Å²) in [5, 5.41) is 8.70. The first kappa shape index (κ1) is 14.9. The number of carboxylic acid groups (broad SMARTS) is 1. The molecule has 1 heterocycles. The second-order valence-electron chi connectivity index (χ2n) is 2.86. The average Bonchev–Trinajstić information content (AvgIpc) is 2.17. The Morgan fingerprint density at radius 1 is 1.44 bits per heavy atom. The van der Waals surface area contributed by atoms with Crippen molar-refractivity contribution >= 4 is 28.6 Å². The first-order chi connectivity index (χ1) is 8.13. The van der Waals surface area contributed by atoms with Crippen LogP contribution in [0, 0.1) is 3.70 Å². The lowest BCUT2D eigenvalue weighted by molar-refractivity contribution is -0.274. The van der Waals surface area contributed by atoms with Crippen molar-refractivity contribution in [2.75, 3.05) is 0 Å². The van der Waals surface area contributed by atoms with E-state index in [1.54, 1.807) is 0 Å². The molecule has 1 aromatic rings. The third kappa shape index (κ3) is 3.40. The Hall–Kier alpha value is -1.20. The van der Waals surface area contributed by atoms with E-state index in [-0.39, 0.29) is 0 Å². The van der Waals surface area contributed by atoms with E-state index in [1.807, 2.05) is 0 Å². The minimum Gasteiger partial charge on any atom is -0.478 e. The van der Waals surface area contributed by atoms with Crippen LogP contribution in [-0.4, -0.2) is 22.4 Å². The number of aromatic carboxylic acids is 1. The van der Waals surface area contributed by atoms with Crippen LogP contribution in [0.2, 0.25) is 0 Å². The second kappa shape index (κ2) is 5.20. The van der Waals surface area contributed by atoms with Gasteiger partial charge in [0, 0.05) is 0 Å². The van der Waals surface area contributed by atoms with Crippen molar-refractivity contribution in [3.8, 4) is 5.75 Å². The highest BCUT2D eigenvalue weighted by atomic mass is 127. The van der Waals surface area contributed by atoms with E-state index in [4.69, 9.17) is 5.11 Å². The molecular formula is C8H3F5INO3. The van der Waals surface area contributed by atoms with Crippen LogP contribution < -0.4 is 4.74 Å². The maximum Gasteiger partial charge on any atom is 0.573 e. The Morgan fingerprint density at radius 2 is 2.00 bits per heavy atom. The summed E-state index contributed by atoms with van der Waals surface area (Å²) in [6.45, 7) is 0. The molecule has 0 amide bonds. The topological polar surface area (TPSA) is 59.4 Å². The lowest BCUT2D eigenvalue weighted by Gasteiger charge is -2.14. The molecule has 18 heavy (non-hydrogen) atoms. The molecule has 0 saturated carbocycles. The van der Waals surface area contributed by atoms with Crippen molar-refractivity contribution in [3.05, 3.63) is 21.0 Å². The van der Waals surface area contributed by atoms with Gasteiger partial charge in [-0.05, 0) is 22.6 Å². The summed E-state index contributed by atoms with van der Waals surface area (Å²) in [4.78, 5) is 14.0. The minimum atomic E-state index is -5.20. The maximum atomic E-state index is 12.6. The lowest BCUT2D eigenvalue weighted by atomic mass is 10.1. The van der Waals surface area contributed by atoms with Crippen LogP contribution in [0.5, 0.6) is 5.75 Å². The van der Waals surface area contributed by atoms with Gasteiger partial charge < -0.3 is 9.84 Å². The van der Waals surface area contributed by atoms with Gasteiger partial charge in [0.2, 0.25) is 0 Å². The largest absolute Gasteiger partial charge is 0.573 e. The van der Waals surface area contributed by atoms with Crippen LogP contribution in [0.15, 0.2) is 6.20 Å². The zero-order valence-electron chi connectivity index (χ0n) is 8.13. The molecule has 0 aliphatic rings. The van der Waals surface area contributed by atoms with E-state index in [0.717, 1.165) is 0 Å². The van der Waals surface area contributed by atoms with E-state index >= 15 is 0 Å². The molecule has 1 aromatic heterocycles. The van der Waals surface area contributed by atoms with Gasteiger partial charge in [-0.25, -0.2) is 18.6 Å². The monoisotopic (exact) mass is 383 g/mol. The van der Waals surface area contributed by atoms with Gasteiger partial charge in [-0.3, -0.25) is 0 Å². The molecular weight excluding hydrogens is 380 g/mol. The number of pyridine rings is 1. The van der Waals surface area contributed by atoms with Crippen LogP contribution in [0.25, 0.3) is 0 Å². The van der Waals surface area contributed by atoms with E-state index in [0.29, 0.717) is 6.20 Å². The highest BCUT2D eigenvalue weighted by molar-refractivity contribution is 14.1. The van der Waals surface area contributed by atoms with Gasteiger partial charge >= 0.3 is 12.3 Å².